The maximum absolute atomic E-state index is 13.2. The van der Waals surface area contributed by atoms with E-state index in [0.29, 0.717) is 11.1 Å². The molecule has 29 heavy (non-hydrogen) atoms. The Morgan fingerprint density at radius 2 is 1.62 bits per heavy atom. The molecule has 2 rings (SSSR count). The molecule has 0 spiro atoms. The monoisotopic (exact) mass is 416 g/mol. The summed E-state index contributed by atoms with van der Waals surface area (Å²) in [7, 11) is -3.86. The van der Waals surface area contributed by atoms with E-state index in [9.17, 15) is 13.2 Å². The third-order valence-corrected chi connectivity index (χ3v) is 6.66. The standard InChI is InChI=1S/C23H32N2O3S/c1-6-10-19(5)24-23(26)21(15-20-11-8-7-9-12-20)25-29(27,28)22-17(3)13-16(2)14-18(22)4/h7-9,11-14,19,21,25H,6,10,15H2,1-5H3,(H,24,26)/t19-,21-/m0/s1. The number of carbonyl (C=O) groups excluding carboxylic acids is 1. The zero-order valence-electron chi connectivity index (χ0n) is 18.0. The third-order valence-electron chi connectivity index (χ3n) is 4.88. The Hall–Kier alpha value is -2.18. The molecule has 0 saturated carbocycles. The molecular weight excluding hydrogens is 384 g/mol. The molecule has 0 bridgehead atoms. The highest BCUT2D eigenvalue weighted by Crippen LogP contribution is 2.22. The highest BCUT2D eigenvalue weighted by Gasteiger charge is 2.28. The summed E-state index contributed by atoms with van der Waals surface area (Å²) in [5.74, 6) is -0.305. The minimum Gasteiger partial charge on any atom is -0.352 e. The van der Waals surface area contributed by atoms with Crippen molar-refractivity contribution in [1.29, 1.82) is 0 Å². The molecule has 2 aromatic carbocycles. The summed E-state index contributed by atoms with van der Waals surface area (Å²) >= 11 is 0. The van der Waals surface area contributed by atoms with E-state index < -0.39 is 16.1 Å². The first-order valence-corrected chi connectivity index (χ1v) is 11.6. The molecule has 0 aromatic heterocycles. The molecule has 2 aromatic rings. The second-order valence-electron chi connectivity index (χ2n) is 7.79. The smallest absolute Gasteiger partial charge is 0.241 e. The van der Waals surface area contributed by atoms with Crippen LogP contribution in [0.1, 0.15) is 48.9 Å². The lowest BCUT2D eigenvalue weighted by atomic mass is 10.1. The summed E-state index contributed by atoms with van der Waals surface area (Å²) in [6.45, 7) is 9.48. The number of aryl methyl sites for hydroxylation is 3. The van der Waals surface area contributed by atoms with Gasteiger partial charge in [-0.1, -0.05) is 61.4 Å². The van der Waals surface area contributed by atoms with Gasteiger partial charge in [-0.3, -0.25) is 4.79 Å². The zero-order chi connectivity index (χ0) is 21.6. The highest BCUT2D eigenvalue weighted by atomic mass is 32.2. The van der Waals surface area contributed by atoms with Gasteiger partial charge in [0, 0.05) is 6.04 Å². The van der Waals surface area contributed by atoms with Gasteiger partial charge < -0.3 is 5.32 Å². The average Bonchev–Trinajstić information content (AvgIpc) is 2.60. The topological polar surface area (TPSA) is 75.3 Å². The SMILES string of the molecule is CCC[C@H](C)NC(=O)[C@H](Cc1ccccc1)NS(=O)(=O)c1c(C)cc(C)cc1C. The first kappa shape index (κ1) is 23.1. The summed E-state index contributed by atoms with van der Waals surface area (Å²) in [6.07, 6.45) is 2.07. The first-order valence-electron chi connectivity index (χ1n) is 10.1. The number of rotatable bonds is 9. The molecule has 0 saturated heterocycles. The van der Waals surface area contributed by atoms with Crippen LogP contribution in [-0.4, -0.2) is 26.4 Å². The van der Waals surface area contributed by atoms with Gasteiger partial charge in [-0.15, -0.1) is 0 Å². The molecule has 158 valence electrons. The summed E-state index contributed by atoms with van der Waals surface area (Å²) < 4.78 is 29.1. The number of nitrogens with one attached hydrogen (secondary N) is 2. The van der Waals surface area contributed by atoms with Crippen LogP contribution in [0.5, 0.6) is 0 Å². The van der Waals surface area contributed by atoms with Crippen molar-refractivity contribution in [3.63, 3.8) is 0 Å². The summed E-state index contributed by atoms with van der Waals surface area (Å²) in [4.78, 5) is 13.2. The van der Waals surface area contributed by atoms with Crippen molar-refractivity contribution in [3.05, 3.63) is 64.7 Å². The van der Waals surface area contributed by atoms with Gasteiger partial charge in [0.1, 0.15) is 6.04 Å². The number of benzene rings is 2. The van der Waals surface area contributed by atoms with Gasteiger partial charge >= 0.3 is 0 Å². The van der Waals surface area contributed by atoms with Crippen LogP contribution in [0.2, 0.25) is 0 Å². The van der Waals surface area contributed by atoms with Crippen LogP contribution in [0.25, 0.3) is 0 Å². The largest absolute Gasteiger partial charge is 0.352 e. The van der Waals surface area contributed by atoms with Gasteiger partial charge in [-0.25, -0.2) is 8.42 Å². The first-order chi connectivity index (χ1) is 13.6. The molecule has 0 heterocycles. The Labute approximate surface area is 175 Å². The normalized spacial score (nSPS) is 13.7. The summed E-state index contributed by atoms with van der Waals surface area (Å²) in [6, 6.07) is 12.2. The minimum atomic E-state index is -3.86. The Balaban J connectivity index is 2.34. The van der Waals surface area contributed by atoms with Gasteiger partial charge in [0.15, 0.2) is 0 Å². The Bertz CT molecular complexity index is 917. The molecule has 0 aliphatic carbocycles. The number of amides is 1. The second kappa shape index (κ2) is 10.0. The fourth-order valence-electron chi connectivity index (χ4n) is 3.72. The molecule has 2 N–H and O–H groups in total. The lowest BCUT2D eigenvalue weighted by molar-refractivity contribution is -0.123. The van der Waals surface area contributed by atoms with Gasteiger partial charge in [-0.2, -0.15) is 4.72 Å². The number of hydrogen-bond acceptors (Lipinski definition) is 3. The van der Waals surface area contributed by atoms with E-state index in [2.05, 4.69) is 17.0 Å². The minimum absolute atomic E-state index is 0.0156. The quantitative estimate of drug-likeness (QED) is 0.653. The van der Waals surface area contributed by atoms with Gasteiger partial charge in [0.2, 0.25) is 15.9 Å². The van der Waals surface area contributed by atoms with Crippen molar-refractivity contribution in [2.24, 2.45) is 0 Å². The predicted molar refractivity (Wildman–Crippen MR) is 117 cm³/mol. The summed E-state index contributed by atoms with van der Waals surface area (Å²) in [5.41, 5.74) is 3.25. The van der Waals surface area contributed by atoms with Crippen molar-refractivity contribution in [2.45, 2.75) is 70.9 Å². The van der Waals surface area contributed by atoms with Gasteiger partial charge in [0.05, 0.1) is 4.90 Å². The highest BCUT2D eigenvalue weighted by molar-refractivity contribution is 7.89. The van der Waals surface area contributed by atoms with E-state index in [-0.39, 0.29) is 23.3 Å². The molecule has 0 fully saturated rings. The lowest BCUT2D eigenvalue weighted by Crippen LogP contribution is -2.50. The van der Waals surface area contributed by atoms with E-state index in [1.165, 1.54) is 0 Å². The third kappa shape index (κ3) is 6.41. The molecule has 5 nitrogen and oxygen atoms in total. The molecular formula is C23H32N2O3S. The van der Waals surface area contributed by atoms with Gasteiger partial charge in [-0.05, 0) is 57.2 Å². The maximum Gasteiger partial charge on any atom is 0.241 e. The number of hydrogen-bond donors (Lipinski definition) is 2. The molecule has 0 aliphatic rings. The molecule has 2 atom stereocenters. The molecule has 0 radical (unpaired) electrons. The fourth-order valence-corrected chi connectivity index (χ4v) is 5.37. The lowest BCUT2D eigenvalue weighted by Gasteiger charge is -2.22. The van der Waals surface area contributed by atoms with E-state index in [4.69, 9.17) is 0 Å². The van der Waals surface area contributed by atoms with Crippen molar-refractivity contribution >= 4 is 15.9 Å². The molecule has 0 aliphatic heterocycles. The van der Waals surface area contributed by atoms with Crippen molar-refractivity contribution in [1.82, 2.24) is 10.0 Å². The average molecular weight is 417 g/mol. The van der Waals surface area contributed by atoms with Crippen LogP contribution < -0.4 is 10.0 Å². The fraction of sp³-hybridized carbons (Fsp3) is 0.435. The maximum atomic E-state index is 13.2. The molecule has 6 heteroatoms. The van der Waals surface area contributed by atoms with Crippen molar-refractivity contribution in [2.75, 3.05) is 0 Å². The van der Waals surface area contributed by atoms with Crippen molar-refractivity contribution in [3.8, 4) is 0 Å². The Kier molecular flexibility index (Phi) is 7.99. The second-order valence-corrected chi connectivity index (χ2v) is 9.44. The number of carbonyl (C=O) groups is 1. The number of sulfonamides is 1. The van der Waals surface area contributed by atoms with Gasteiger partial charge in [0.25, 0.3) is 0 Å². The predicted octanol–water partition coefficient (Wildman–Crippen LogP) is 3.81. The van der Waals surface area contributed by atoms with Crippen LogP contribution in [-0.2, 0) is 21.2 Å². The van der Waals surface area contributed by atoms with E-state index in [1.807, 2.05) is 56.3 Å². The van der Waals surface area contributed by atoms with E-state index >= 15 is 0 Å². The van der Waals surface area contributed by atoms with Crippen LogP contribution in [0, 0.1) is 20.8 Å². The van der Waals surface area contributed by atoms with E-state index in [1.54, 1.807) is 13.8 Å². The van der Waals surface area contributed by atoms with Crippen LogP contribution in [0.15, 0.2) is 47.4 Å². The zero-order valence-corrected chi connectivity index (χ0v) is 18.8. The Morgan fingerprint density at radius 1 is 1.03 bits per heavy atom. The van der Waals surface area contributed by atoms with Crippen LogP contribution in [0.4, 0.5) is 0 Å². The van der Waals surface area contributed by atoms with E-state index in [0.717, 1.165) is 24.0 Å². The van der Waals surface area contributed by atoms with Crippen LogP contribution >= 0.6 is 0 Å². The van der Waals surface area contributed by atoms with Crippen molar-refractivity contribution < 1.29 is 13.2 Å². The molecule has 1 amide bonds. The summed E-state index contributed by atoms with van der Waals surface area (Å²) in [5, 5.41) is 2.95. The van der Waals surface area contributed by atoms with Crippen LogP contribution in [0.3, 0.4) is 0 Å². The Morgan fingerprint density at radius 3 is 2.17 bits per heavy atom. The molecule has 0 unspecified atom stereocenters.